The molecule has 1 aromatic rings. The number of rotatable bonds is 5. The highest BCUT2D eigenvalue weighted by atomic mass is 32.2. The first-order chi connectivity index (χ1) is 7.13. The molecule has 0 aliphatic carbocycles. The van der Waals surface area contributed by atoms with Gasteiger partial charge < -0.3 is 10.5 Å². The lowest BCUT2D eigenvalue weighted by molar-refractivity contribution is 0.186. The monoisotopic (exact) mass is 233 g/mol. The molecule has 0 heterocycles. The normalized spacial score (nSPS) is 12.8. The number of thioether (sulfide) groups is 1. The lowest BCUT2D eigenvalue weighted by Crippen LogP contribution is -2.28. The van der Waals surface area contributed by atoms with Crippen molar-refractivity contribution >= 4 is 11.8 Å². The van der Waals surface area contributed by atoms with E-state index in [1.807, 2.05) is 0 Å². The standard InChI is InChI=1S/C10H13F2NOS/c1-14-5-8(13)6-15-10-3-2-7(11)4-9(10)12/h2-4,8H,5-6,13H2,1H3. The van der Waals surface area contributed by atoms with Crippen molar-refractivity contribution in [3.05, 3.63) is 29.8 Å². The molecule has 15 heavy (non-hydrogen) atoms. The highest BCUT2D eigenvalue weighted by molar-refractivity contribution is 7.99. The van der Waals surface area contributed by atoms with Gasteiger partial charge in [-0.15, -0.1) is 11.8 Å². The third-order valence-corrected chi connectivity index (χ3v) is 2.96. The smallest absolute Gasteiger partial charge is 0.139 e. The predicted molar refractivity (Wildman–Crippen MR) is 56.9 cm³/mol. The van der Waals surface area contributed by atoms with E-state index in [2.05, 4.69) is 0 Å². The summed E-state index contributed by atoms with van der Waals surface area (Å²) in [5, 5.41) is 0. The van der Waals surface area contributed by atoms with Gasteiger partial charge in [-0.3, -0.25) is 0 Å². The molecular formula is C10H13F2NOS. The third-order valence-electron chi connectivity index (χ3n) is 1.73. The quantitative estimate of drug-likeness (QED) is 0.790. The van der Waals surface area contributed by atoms with Gasteiger partial charge >= 0.3 is 0 Å². The number of methoxy groups -OCH3 is 1. The van der Waals surface area contributed by atoms with Crippen molar-refractivity contribution in [3.63, 3.8) is 0 Å². The molecule has 0 fully saturated rings. The Hall–Kier alpha value is -0.650. The van der Waals surface area contributed by atoms with Crippen LogP contribution in [0, 0.1) is 11.6 Å². The summed E-state index contributed by atoms with van der Waals surface area (Å²) in [6, 6.07) is 3.36. The zero-order valence-electron chi connectivity index (χ0n) is 8.37. The average Bonchev–Trinajstić information content (AvgIpc) is 2.17. The van der Waals surface area contributed by atoms with Crippen LogP contribution in [0.3, 0.4) is 0 Å². The summed E-state index contributed by atoms with van der Waals surface area (Å²) in [4.78, 5) is 0.406. The highest BCUT2D eigenvalue weighted by Gasteiger charge is 2.07. The van der Waals surface area contributed by atoms with Crippen molar-refractivity contribution in [2.45, 2.75) is 10.9 Å². The molecule has 1 unspecified atom stereocenters. The second-order valence-corrected chi connectivity index (χ2v) is 4.16. The molecule has 0 saturated heterocycles. The van der Waals surface area contributed by atoms with E-state index in [4.69, 9.17) is 10.5 Å². The maximum atomic E-state index is 13.2. The van der Waals surface area contributed by atoms with Crippen molar-refractivity contribution < 1.29 is 13.5 Å². The zero-order valence-corrected chi connectivity index (χ0v) is 9.19. The first kappa shape index (κ1) is 12.4. The molecule has 0 saturated carbocycles. The van der Waals surface area contributed by atoms with Crippen LogP contribution in [0.1, 0.15) is 0 Å². The molecule has 2 N–H and O–H groups in total. The van der Waals surface area contributed by atoms with Gasteiger partial charge in [-0.05, 0) is 12.1 Å². The Labute approximate surface area is 91.8 Å². The van der Waals surface area contributed by atoms with Crippen molar-refractivity contribution in [2.75, 3.05) is 19.5 Å². The molecule has 1 atom stereocenters. The molecule has 0 aliphatic heterocycles. The minimum atomic E-state index is -0.571. The lowest BCUT2D eigenvalue weighted by Gasteiger charge is -2.09. The summed E-state index contributed by atoms with van der Waals surface area (Å²) in [6.07, 6.45) is 0. The van der Waals surface area contributed by atoms with Crippen LogP contribution in [0.5, 0.6) is 0 Å². The maximum absolute atomic E-state index is 13.2. The number of ether oxygens (including phenoxy) is 1. The van der Waals surface area contributed by atoms with Crippen LogP contribution in [-0.4, -0.2) is 25.5 Å². The number of hydrogen-bond donors (Lipinski definition) is 1. The molecular weight excluding hydrogens is 220 g/mol. The van der Waals surface area contributed by atoms with Crippen molar-refractivity contribution in [2.24, 2.45) is 5.73 Å². The predicted octanol–water partition coefficient (Wildman–Crippen LogP) is 2.03. The van der Waals surface area contributed by atoms with E-state index >= 15 is 0 Å². The molecule has 1 rings (SSSR count). The summed E-state index contributed by atoms with van der Waals surface area (Å²) in [5.74, 6) is -0.584. The second kappa shape index (κ2) is 6.05. The molecule has 0 bridgehead atoms. The molecule has 5 heteroatoms. The van der Waals surface area contributed by atoms with Gasteiger partial charge in [-0.1, -0.05) is 0 Å². The van der Waals surface area contributed by atoms with Gasteiger partial charge in [-0.25, -0.2) is 8.78 Å². The van der Waals surface area contributed by atoms with Crippen LogP contribution in [0.25, 0.3) is 0 Å². The van der Waals surface area contributed by atoms with Crippen LogP contribution < -0.4 is 5.73 Å². The second-order valence-electron chi connectivity index (χ2n) is 3.10. The Bertz CT molecular complexity index is 322. The Kier molecular flexibility index (Phi) is 5.01. The minimum absolute atomic E-state index is 0.149. The van der Waals surface area contributed by atoms with Gasteiger partial charge in [0.15, 0.2) is 0 Å². The van der Waals surface area contributed by atoms with Crippen molar-refractivity contribution in [3.8, 4) is 0 Å². The van der Waals surface area contributed by atoms with Gasteiger partial charge in [0, 0.05) is 29.9 Å². The Morgan fingerprint density at radius 3 is 2.80 bits per heavy atom. The van der Waals surface area contributed by atoms with Crippen LogP contribution in [0.4, 0.5) is 8.78 Å². The van der Waals surface area contributed by atoms with Crippen LogP contribution in [0.15, 0.2) is 23.1 Å². The van der Waals surface area contributed by atoms with E-state index in [0.29, 0.717) is 17.3 Å². The maximum Gasteiger partial charge on any atom is 0.139 e. The number of hydrogen-bond acceptors (Lipinski definition) is 3. The molecule has 0 spiro atoms. The summed E-state index contributed by atoms with van der Waals surface area (Å²) in [6.45, 7) is 0.426. The largest absolute Gasteiger partial charge is 0.383 e. The Balaban J connectivity index is 2.50. The summed E-state index contributed by atoms with van der Waals surface area (Å²) in [7, 11) is 1.56. The van der Waals surface area contributed by atoms with Crippen molar-refractivity contribution in [1.29, 1.82) is 0 Å². The number of halogens is 2. The first-order valence-corrected chi connectivity index (χ1v) is 5.44. The van der Waals surface area contributed by atoms with E-state index in [0.717, 1.165) is 6.07 Å². The molecule has 0 aliphatic rings. The SMILES string of the molecule is COCC(N)CSc1ccc(F)cc1F. The fourth-order valence-corrected chi connectivity index (χ4v) is 1.90. The molecule has 1 aromatic carbocycles. The highest BCUT2D eigenvalue weighted by Crippen LogP contribution is 2.22. The fourth-order valence-electron chi connectivity index (χ4n) is 1.05. The Morgan fingerprint density at radius 2 is 2.20 bits per heavy atom. The molecule has 0 amide bonds. The molecule has 2 nitrogen and oxygen atoms in total. The molecule has 0 radical (unpaired) electrons. The van der Waals surface area contributed by atoms with Crippen molar-refractivity contribution in [1.82, 2.24) is 0 Å². The van der Waals surface area contributed by atoms with E-state index in [-0.39, 0.29) is 6.04 Å². The summed E-state index contributed by atoms with van der Waals surface area (Å²) >= 11 is 1.26. The van der Waals surface area contributed by atoms with E-state index in [1.165, 1.54) is 23.9 Å². The van der Waals surface area contributed by atoms with E-state index < -0.39 is 11.6 Å². The average molecular weight is 233 g/mol. The third kappa shape index (κ3) is 4.15. The molecule has 84 valence electrons. The number of benzene rings is 1. The summed E-state index contributed by atoms with van der Waals surface area (Å²) < 4.78 is 30.6. The summed E-state index contributed by atoms with van der Waals surface area (Å²) in [5.41, 5.74) is 5.67. The van der Waals surface area contributed by atoms with Gasteiger partial charge in [0.1, 0.15) is 11.6 Å². The zero-order chi connectivity index (χ0) is 11.3. The number of nitrogens with two attached hydrogens (primary N) is 1. The minimum Gasteiger partial charge on any atom is -0.383 e. The van der Waals surface area contributed by atoms with Crippen LogP contribution >= 0.6 is 11.8 Å². The van der Waals surface area contributed by atoms with Gasteiger partial charge in [-0.2, -0.15) is 0 Å². The Morgan fingerprint density at radius 1 is 1.47 bits per heavy atom. The van der Waals surface area contributed by atoms with E-state index in [9.17, 15) is 8.78 Å². The van der Waals surface area contributed by atoms with E-state index in [1.54, 1.807) is 7.11 Å². The fraction of sp³-hybridized carbons (Fsp3) is 0.400. The van der Waals surface area contributed by atoms with Gasteiger partial charge in [0.25, 0.3) is 0 Å². The van der Waals surface area contributed by atoms with Gasteiger partial charge in [0.2, 0.25) is 0 Å². The van der Waals surface area contributed by atoms with Crippen LogP contribution in [-0.2, 0) is 4.74 Å². The lowest BCUT2D eigenvalue weighted by atomic mass is 10.3. The first-order valence-electron chi connectivity index (χ1n) is 4.46. The topological polar surface area (TPSA) is 35.2 Å². The van der Waals surface area contributed by atoms with Gasteiger partial charge in [0.05, 0.1) is 6.61 Å². The molecule has 0 aromatic heterocycles. The van der Waals surface area contributed by atoms with Crippen LogP contribution in [0.2, 0.25) is 0 Å².